The molecule has 0 saturated heterocycles. The summed E-state index contributed by atoms with van der Waals surface area (Å²) >= 11 is 24.1. The van der Waals surface area contributed by atoms with Gasteiger partial charge in [-0.3, -0.25) is 0 Å². The van der Waals surface area contributed by atoms with Gasteiger partial charge in [-0.05, 0) is 23.8 Å². The molecular weight excluding hydrogens is 328 g/mol. The molecule has 3 rings (SSSR count). The Morgan fingerprint density at radius 3 is 2.84 bits per heavy atom. The van der Waals surface area contributed by atoms with Gasteiger partial charge >= 0.3 is 0 Å². The van der Waals surface area contributed by atoms with E-state index in [1.54, 1.807) is 12.2 Å². The van der Waals surface area contributed by atoms with E-state index in [1.165, 1.54) is 6.20 Å². The van der Waals surface area contributed by atoms with Crippen LogP contribution in [-0.4, -0.2) is 20.8 Å². The second-order valence-corrected chi connectivity index (χ2v) is 6.34. The predicted molar refractivity (Wildman–Crippen MR) is 78.6 cm³/mol. The summed E-state index contributed by atoms with van der Waals surface area (Å²) < 4.78 is -0.992. The first-order chi connectivity index (χ1) is 8.96. The number of fused-ring (bicyclic) bond motifs is 1. The van der Waals surface area contributed by atoms with Crippen molar-refractivity contribution in [1.82, 2.24) is 15.3 Å². The lowest BCUT2D eigenvalue weighted by atomic mass is 10.0. The van der Waals surface area contributed by atoms with Crippen LogP contribution in [0, 0.1) is 0 Å². The fraction of sp³-hybridized carbons (Fsp3) is 0.167. The van der Waals surface area contributed by atoms with Crippen LogP contribution < -0.4 is 5.32 Å². The minimum atomic E-state index is -0.992. The molecule has 7 heteroatoms. The number of hydrogen-bond donors (Lipinski definition) is 1. The van der Waals surface area contributed by atoms with E-state index in [-0.39, 0.29) is 5.28 Å². The van der Waals surface area contributed by atoms with Crippen LogP contribution in [0.25, 0.3) is 5.57 Å². The molecule has 2 heterocycles. The van der Waals surface area contributed by atoms with Gasteiger partial charge in [0.25, 0.3) is 0 Å². The Morgan fingerprint density at radius 1 is 1.26 bits per heavy atom. The van der Waals surface area contributed by atoms with Crippen molar-refractivity contribution in [3.63, 3.8) is 0 Å². The molecule has 2 aliphatic rings. The summed E-state index contributed by atoms with van der Waals surface area (Å²) in [6.45, 7) is 0.586. The van der Waals surface area contributed by atoms with Gasteiger partial charge in [0.1, 0.15) is 0 Å². The number of halogens is 4. The standard InChI is InChI=1S/C12H7Cl4N3/c13-8-5-18-11(14)19-10(8)7-4-17-9-3-12(15,16)2-1-6(7)9/h1-3,5,17H,4H2. The highest BCUT2D eigenvalue weighted by Crippen LogP contribution is 2.38. The first-order valence-corrected chi connectivity index (χ1v) is 6.93. The highest BCUT2D eigenvalue weighted by atomic mass is 35.5. The van der Waals surface area contributed by atoms with Crippen LogP contribution in [0.4, 0.5) is 0 Å². The van der Waals surface area contributed by atoms with Gasteiger partial charge in [0.2, 0.25) is 5.28 Å². The zero-order valence-electron chi connectivity index (χ0n) is 9.42. The van der Waals surface area contributed by atoms with Crippen LogP contribution in [0.3, 0.4) is 0 Å². The fourth-order valence-corrected chi connectivity index (χ4v) is 2.74. The quantitative estimate of drug-likeness (QED) is 0.627. The third kappa shape index (κ3) is 2.48. The summed E-state index contributed by atoms with van der Waals surface area (Å²) in [4.78, 5) is 8.02. The molecule has 0 amide bonds. The molecule has 1 aliphatic carbocycles. The van der Waals surface area contributed by atoms with Crippen molar-refractivity contribution in [2.75, 3.05) is 6.54 Å². The number of hydrogen-bond acceptors (Lipinski definition) is 3. The van der Waals surface area contributed by atoms with Crippen LogP contribution in [-0.2, 0) is 0 Å². The topological polar surface area (TPSA) is 37.8 Å². The molecule has 0 radical (unpaired) electrons. The number of nitrogens with one attached hydrogen (secondary N) is 1. The summed E-state index contributed by atoms with van der Waals surface area (Å²) in [7, 11) is 0. The minimum absolute atomic E-state index is 0.161. The van der Waals surface area contributed by atoms with Gasteiger partial charge in [-0.1, -0.05) is 40.9 Å². The highest BCUT2D eigenvalue weighted by molar-refractivity contribution is 6.51. The van der Waals surface area contributed by atoms with E-state index in [9.17, 15) is 0 Å². The van der Waals surface area contributed by atoms with Gasteiger partial charge in [0, 0.05) is 23.4 Å². The molecule has 0 aromatic carbocycles. The fourth-order valence-electron chi connectivity index (χ4n) is 2.06. The van der Waals surface area contributed by atoms with E-state index in [1.807, 2.05) is 6.08 Å². The second kappa shape index (κ2) is 4.67. The average Bonchev–Trinajstić information content (AvgIpc) is 2.73. The van der Waals surface area contributed by atoms with Crippen LogP contribution in [0.2, 0.25) is 10.3 Å². The normalized spacial score (nSPS) is 20.1. The molecule has 0 fully saturated rings. The molecule has 0 spiro atoms. The number of alkyl halides is 2. The van der Waals surface area contributed by atoms with Gasteiger partial charge in [0.15, 0.2) is 4.33 Å². The van der Waals surface area contributed by atoms with E-state index >= 15 is 0 Å². The molecule has 1 N–H and O–H groups in total. The first kappa shape index (κ1) is 13.3. The Labute approximate surface area is 129 Å². The van der Waals surface area contributed by atoms with Crippen LogP contribution in [0.1, 0.15) is 5.69 Å². The SMILES string of the molecule is Clc1ncc(Cl)c(C2=C3C=CC(Cl)(Cl)C=C3NC2)n1. The Morgan fingerprint density at radius 2 is 2.05 bits per heavy atom. The molecule has 3 nitrogen and oxygen atoms in total. The summed E-state index contributed by atoms with van der Waals surface area (Å²) in [6.07, 6.45) is 6.80. The third-order valence-electron chi connectivity index (χ3n) is 2.88. The molecule has 0 saturated carbocycles. The van der Waals surface area contributed by atoms with Crippen molar-refractivity contribution in [2.45, 2.75) is 4.33 Å². The Hall–Kier alpha value is -0.740. The smallest absolute Gasteiger partial charge is 0.222 e. The van der Waals surface area contributed by atoms with Gasteiger partial charge < -0.3 is 5.32 Å². The average molecular weight is 335 g/mol. The maximum absolute atomic E-state index is 6.12. The van der Waals surface area contributed by atoms with Gasteiger partial charge in [-0.25, -0.2) is 9.97 Å². The number of allylic oxidation sites excluding steroid dienone is 3. The van der Waals surface area contributed by atoms with Crippen LogP contribution in [0.5, 0.6) is 0 Å². The second-order valence-electron chi connectivity index (χ2n) is 4.15. The van der Waals surface area contributed by atoms with Gasteiger partial charge in [-0.15, -0.1) is 0 Å². The molecule has 0 atom stereocenters. The third-order valence-corrected chi connectivity index (χ3v) is 3.81. The van der Waals surface area contributed by atoms with Crippen LogP contribution in [0.15, 0.2) is 35.7 Å². The molecule has 1 aromatic heterocycles. The summed E-state index contributed by atoms with van der Waals surface area (Å²) in [6, 6.07) is 0. The van der Waals surface area contributed by atoms with Gasteiger partial charge in [0.05, 0.1) is 16.9 Å². The Bertz CT molecular complexity index is 646. The Balaban J connectivity index is 2.13. The molecule has 0 bridgehead atoms. The lowest BCUT2D eigenvalue weighted by molar-refractivity contribution is 0.957. The maximum atomic E-state index is 6.12. The number of aromatic nitrogens is 2. The van der Waals surface area contributed by atoms with Crippen molar-refractivity contribution >= 4 is 52.0 Å². The van der Waals surface area contributed by atoms with E-state index in [0.717, 1.165) is 16.8 Å². The molecule has 1 aliphatic heterocycles. The monoisotopic (exact) mass is 333 g/mol. The summed E-state index contributed by atoms with van der Waals surface area (Å²) in [5.41, 5.74) is 3.40. The van der Waals surface area contributed by atoms with Crippen molar-refractivity contribution in [2.24, 2.45) is 0 Å². The van der Waals surface area contributed by atoms with Crippen molar-refractivity contribution in [1.29, 1.82) is 0 Å². The van der Waals surface area contributed by atoms with Crippen LogP contribution >= 0.6 is 46.4 Å². The van der Waals surface area contributed by atoms with E-state index in [2.05, 4.69) is 15.3 Å². The minimum Gasteiger partial charge on any atom is -0.381 e. The Kier molecular flexibility index (Phi) is 3.26. The lowest BCUT2D eigenvalue weighted by Gasteiger charge is -2.17. The lowest BCUT2D eigenvalue weighted by Crippen LogP contribution is -2.15. The van der Waals surface area contributed by atoms with E-state index < -0.39 is 4.33 Å². The highest BCUT2D eigenvalue weighted by Gasteiger charge is 2.29. The number of nitrogens with zero attached hydrogens (tertiary/aromatic N) is 2. The molecule has 98 valence electrons. The largest absolute Gasteiger partial charge is 0.381 e. The molecular formula is C12H7Cl4N3. The predicted octanol–water partition coefficient (Wildman–Crippen LogP) is 3.77. The van der Waals surface area contributed by atoms with Crippen molar-refractivity contribution < 1.29 is 0 Å². The molecule has 1 aromatic rings. The van der Waals surface area contributed by atoms with Crippen molar-refractivity contribution in [3.05, 3.63) is 51.7 Å². The van der Waals surface area contributed by atoms with Gasteiger partial charge in [-0.2, -0.15) is 0 Å². The zero-order chi connectivity index (χ0) is 13.6. The molecule has 19 heavy (non-hydrogen) atoms. The maximum Gasteiger partial charge on any atom is 0.222 e. The summed E-state index contributed by atoms with van der Waals surface area (Å²) in [5.74, 6) is 0. The first-order valence-electron chi connectivity index (χ1n) is 5.42. The van der Waals surface area contributed by atoms with Crippen molar-refractivity contribution in [3.8, 4) is 0 Å². The zero-order valence-corrected chi connectivity index (χ0v) is 12.4. The van der Waals surface area contributed by atoms with E-state index in [0.29, 0.717) is 17.3 Å². The van der Waals surface area contributed by atoms with E-state index in [4.69, 9.17) is 46.4 Å². The summed E-state index contributed by atoms with van der Waals surface area (Å²) in [5, 5.41) is 3.83. The number of rotatable bonds is 1. The molecule has 0 unspecified atom stereocenters.